The van der Waals surface area contributed by atoms with Gasteiger partial charge in [-0.15, -0.1) is 0 Å². The van der Waals surface area contributed by atoms with Crippen LogP contribution >= 0.6 is 0 Å². The molecule has 0 N–H and O–H groups in total. The summed E-state index contributed by atoms with van der Waals surface area (Å²) in [7, 11) is 0. The number of ether oxygens (including phenoxy) is 1. The van der Waals surface area contributed by atoms with Gasteiger partial charge in [-0.2, -0.15) is 0 Å². The van der Waals surface area contributed by atoms with Crippen LogP contribution in [-0.2, 0) is 27.1 Å². The summed E-state index contributed by atoms with van der Waals surface area (Å²) in [5.74, 6) is 1.77. The fourth-order valence-electron chi connectivity index (χ4n) is 16.0. The third-order valence-electron chi connectivity index (χ3n) is 20.4. The molecular weight excluding hydrogens is 1070 g/mol. The van der Waals surface area contributed by atoms with Crippen LogP contribution in [0.3, 0.4) is 0 Å². The number of fused-ring (bicyclic) bond motifs is 21. The molecule has 4 aliphatic rings. The SMILES string of the molecule is CC(C)(C)c1ccc(N(c2ccc(C(C)(C)C)cc2)c2cc3c4c(c2)-n2c5ccccc5c5c2c(cc2c6ccccc6n(-c6cc(C(C)(C)C)cc(C(C)(C)C)c6)c25)B4c2cc4c(cc2O3)C2(c3ccccc3-c3ccccc32)c2ccccc2-4)cc1. The summed E-state index contributed by atoms with van der Waals surface area (Å²) in [4.78, 5) is 2.46. The predicted molar refractivity (Wildman–Crippen MR) is 372 cm³/mol. The van der Waals surface area contributed by atoms with Crippen molar-refractivity contribution in [1.29, 1.82) is 0 Å². The number of hydrogen-bond donors (Lipinski definition) is 0. The van der Waals surface area contributed by atoms with E-state index in [-0.39, 0.29) is 28.4 Å². The van der Waals surface area contributed by atoms with E-state index in [1.807, 2.05) is 0 Å². The van der Waals surface area contributed by atoms with Crippen LogP contribution in [0.5, 0.6) is 11.5 Å². The van der Waals surface area contributed by atoms with Crippen LogP contribution in [0.1, 0.15) is 128 Å². The van der Waals surface area contributed by atoms with Gasteiger partial charge in [0.2, 0.25) is 0 Å². The lowest BCUT2D eigenvalue weighted by atomic mass is 9.34. The smallest absolute Gasteiger partial charge is 0.256 e. The molecule has 17 rings (SSSR count). The minimum atomic E-state index is -0.538. The van der Waals surface area contributed by atoms with Crippen molar-refractivity contribution in [2.45, 2.75) is 110 Å². The Morgan fingerprint density at radius 2 is 0.852 bits per heavy atom. The fourth-order valence-corrected chi connectivity index (χ4v) is 16.0. The molecule has 4 nitrogen and oxygen atoms in total. The van der Waals surface area contributed by atoms with Gasteiger partial charge in [0, 0.05) is 50.4 Å². The van der Waals surface area contributed by atoms with Crippen molar-refractivity contribution in [3.63, 3.8) is 0 Å². The summed E-state index contributed by atoms with van der Waals surface area (Å²) in [6.07, 6.45) is 0. The molecule has 0 saturated carbocycles. The van der Waals surface area contributed by atoms with Crippen molar-refractivity contribution in [1.82, 2.24) is 9.13 Å². The zero-order valence-electron chi connectivity index (χ0n) is 52.6. The predicted octanol–water partition coefficient (Wildman–Crippen LogP) is 19.8. The first kappa shape index (κ1) is 53.0. The first-order chi connectivity index (χ1) is 42.2. The Bertz CT molecular complexity index is 5020. The van der Waals surface area contributed by atoms with Gasteiger partial charge in [0.1, 0.15) is 11.5 Å². The van der Waals surface area contributed by atoms with Gasteiger partial charge in [-0.3, -0.25) is 0 Å². The Balaban J connectivity index is 1.01. The van der Waals surface area contributed by atoms with E-state index >= 15 is 0 Å². The van der Waals surface area contributed by atoms with Gasteiger partial charge in [-0.05, 0) is 165 Å². The number of rotatable bonds is 4. The summed E-state index contributed by atoms with van der Waals surface area (Å²) < 4.78 is 13.1. The Morgan fingerprint density at radius 1 is 0.364 bits per heavy atom. The Morgan fingerprint density at radius 3 is 1.40 bits per heavy atom. The van der Waals surface area contributed by atoms with Gasteiger partial charge in [0.05, 0.1) is 33.2 Å². The monoisotopic (exact) mass is 1140 g/mol. The molecule has 1 spiro atoms. The maximum atomic E-state index is 7.87. The Labute approximate surface area is 517 Å². The minimum Gasteiger partial charge on any atom is -0.458 e. The number of aromatic nitrogens is 2. The molecule has 4 heterocycles. The number of benzene rings is 11. The Kier molecular flexibility index (Phi) is 10.8. The normalized spacial score (nSPS) is 14.3. The highest BCUT2D eigenvalue weighted by atomic mass is 16.5. The second kappa shape index (κ2) is 17.9. The highest BCUT2D eigenvalue weighted by molar-refractivity contribution is 6.99. The van der Waals surface area contributed by atoms with Crippen LogP contribution < -0.4 is 26.0 Å². The summed E-state index contributed by atoms with van der Waals surface area (Å²) in [5, 5.41) is 4.99. The topological polar surface area (TPSA) is 22.3 Å². The maximum Gasteiger partial charge on any atom is 0.256 e. The second-order valence-corrected chi connectivity index (χ2v) is 29.7. The van der Waals surface area contributed by atoms with Crippen LogP contribution in [0.4, 0.5) is 17.1 Å². The lowest BCUT2D eigenvalue weighted by Crippen LogP contribution is -2.58. The molecule has 0 saturated heterocycles. The molecule has 11 aromatic carbocycles. The molecule has 0 radical (unpaired) electrons. The molecule has 88 heavy (non-hydrogen) atoms. The van der Waals surface area contributed by atoms with Crippen molar-refractivity contribution in [2.24, 2.45) is 0 Å². The van der Waals surface area contributed by atoms with Crippen molar-refractivity contribution in [2.75, 3.05) is 4.90 Å². The van der Waals surface area contributed by atoms with E-state index in [4.69, 9.17) is 4.74 Å². The Hall–Kier alpha value is -9.32. The van der Waals surface area contributed by atoms with Gasteiger partial charge in [-0.25, -0.2) is 0 Å². The van der Waals surface area contributed by atoms with Crippen LogP contribution in [0.15, 0.2) is 218 Å². The van der Waals surface area contributed by atoms with Crippen LogP contribution in [0, 0.1) is 0 Å². The third-order valence-corrected chi connectivity index (χ3v) is 20.4. The minimum absolute atomic E-state index is 0.0115. The first-order valence-corrected chi connectivity index (χ1v) is 31.7. The van der Waals surface area contributed by atoms with Gasteiger partial charge < -0.3 is 18.8 Å². The van der Waals surface area contributed by atoms with Crippen molar-refractivity contribution in [3.05, 3.63) is 263 Å². The van der Waals surface area contributed by atoms with Crippen LogP contribution in [0.25, 0.3) is 77.2 Å². The highest BCUT2D eigenvalue weighted by Gasteiger charge is 2.53. The van der Waals surface area contributed by atoms with E-state index < -0.39 is 5.41 Å². The second-order valence-electron chi connectivity index (χ2n) is 29.7. The molecule has 0 amide bonds. The van der Waals surface area contributed by atoms with Gasteiger partial charge >= 0.3 is 0 Å². The molecule has 0 unspecified atom stereocenters. The van der Waals surface area contributed by atoms with E-state index in [1.165, 1.54) is 132 Å². The van der Waals surface area contributed by atoms with Crippen LogP contribution in [0.2, 0.25) is 0 Å². The lowest BCUT2D eigenvalue weighted by molar-refractivity contribution is 0.486. The molecule has 2 aromatic heterocycles. The fraction of sp³-hybridized carbons (Fsp3) is 0.205. The summed E-state index contributed by atoms with van der Waals surface area (Å²) in [6.45, 7) is 27.7. The van der Waals surface area contributed by atoms with Gasteiger partial charge in [0.25, 0.3) is 6.71 Å². The van der Waals surface area contributed by atoms with E-state index in [9.17, 15) is 0 Å². The van der Waals surface area contributed by atoms with E-state index in [2.05, 4.69) is 316 Å². The van der Waals surface area contributed by atoms with Crippen molar-refractivity contribution >= 4 is 83.8 Å². The molecule has 2 aliphatic carbocycles. The number of hydrogen-bond acceptors (Lipinski definition) is 2. The molecular formula is C83H72BN3O. The zero-order valence-corrected chi connectivity index (χ0v) is 52.6. The van der Waals surface area contributed by atoms with Gasteiger partial charge in [0.15, 0.2) is 0 Å². The largest absolute Gasteiger partial charge is 0.458 e. The van der Waals surface area contributed by atoms with E-state index in [1.54, 1.807) is 0 Å². The van der Waals surface area contributed by atoms with Gasteiger partial charge in [-0.1, -0.05) is 235 Å². The van der Waals surface area contributed by atoms with E-state index in [0.717, 1.165) is 34.2 Å². The van der Waals surface area contributed by atoms with Crippen molar-refractivity contribution in [3.8, 4) is 45.1 Å². The average molecular weight is 1140 g/mol. The quantitative estimate of drug-likeness (QED) is 0.164. The molecule has 0 atom stereocenters. The number of anilines is 3. The summed E-state index contributed by atoms with van der Waals surface area (Å²) in [6, 6.07) is 84.1. The summed E-state index contributed by atoms with van der Waals surface area (Å²) in [5.41, 5.74) is 28.9. The standard InChI is InChI=1S/C83H72BN3O/c1-79(2,3)49-33-37-53(38-34-49)85(54-39-35-50(36-40-54)80(4,5)6)56-44-72-76-74(45-56)88-73-48-67-62(59-25-15-20-30-66(59)83(67)64-28-18-13-23-57(64)58-24-14-19-29-65(58)83)46-68(73)84(76)69-47-63-60-26-16-21-31-70(60)86(55-42-51(81(7,8)9)41-52(43-55)82(10,11)12)77(63)75-61-27-17-22-32-71(61)87(72)78(69)75/h13-48H,1-12H3. The first-order valence-electron chi connectivity index (χ1n) is 31.7. The maximum absolute atomic E-state index is 7.87. The average Bonchev–Trinajstić information content (AvgIpc) is 1.49. The highest BCUT2D eigenvalue weighted by Crippen LogP contribution is 2.63. The zero-order chi connectivity index (χ0) is 60.3. The molecule has 0 fully saturated rings. The van der Waals surface area contributed by atoms with Crippen LogP contribution in [-0.4, -0.2) is 15.8 Å². The molecule has 5 heteroatoms. The lowest BCUT2D eigenvalue weighted by Gasteiger charge is -2.36. The molecule has 428 valence electrons. The van der Waals surface area contributed by atoms with E-state index in [0.29, 0.717) is 0 Å². The molecule has 0 bridgehead atoms. The summed E-state index contributed by atoms with van der Waals surface area (Å²) >= 11 is 0. The molecule has 13 aromatic rings. The number of para-hydroxylation sites is 2. The van der Waals surface area contributed by atoms with Crippen molar-refractivity contribution < 1.29 is 4.74 Å². The number of nitrogens with zero attached hydrogens (tertiary/aromatic N) is 3. The molecule has 2 aliphatic heterocycles. The third kappa shape index (κ3) is 7.28.